The first kappa shape index (κ1) is 20.5. The zero-order valence-corrected chi connectivity index (χ0v) is 17.7. The molecule has 10 heteroatoms. The lowest BCUT2D eigenvalue weighted by molar-refractivity contribution is -0.384. The molecule has 5 rings (SSSR count). The second kappa shape index (κ2) is 7.94. The van der Waals surface area contributed by atoms with Gasteiger partial charge in [-0.1, -0.05) is 36.4 Å². The normalized spacial score (nSPS) is 20.9. The summed E-state index contributed by atoms with van der Waals surface area (Å²) in [6.45, 7) is 6.98. The second-order valence-electron chi connectivity index (χ2n) is 7.63. The highest BCUT2D eigenvalue weighted by Gasteiger charge is 2.43. The predicted molar refractivity (Wildman–Crippen MR) is 122 cm³/mol. The molecule has 1 saturated heterocycles. The first-order valence-corrected chi connectivity index (χ1v) is 10.5. The third-order valence-electron chi connectivity index (χ3n) is 5.72. The Bertz CT molecular complexity index is 1220. The molecule has 0 saturated carbocycles. The zero-order valence-electron chi connectivity index (χ0n) is 17.0. The van der Waals surface area contributed by atoms with Crippen LogP contribution in [0.3, 0.4) is 0 Å². The van der Waals surface area contributed by atoms with E-state index >= 15 is 0 Å². The number of piperazine rings is 1. The van der Waals surface area contributed by atoms with Crippen molar-refractivity contribution >= 4 is 40.4 Å². The molecule has 0 aliphatic carbocycles. The highest BCUT2D eigenvalue weighted by Crippen LogP contribution is 2.37. The molecule has 0 spiro atoms. The van der Waals surface area contributed by atoms with Crippen molar-refractivity contribution in [3.63, 3.8) is 0 Å². The number of rotatable bonds is 3. The lowest BCUT2D eigenvalue weighted by Gasteiger charge is -2.30. The molecule has 3 aliphatic rings. The maximum atomic E-state index is 13.5. The summed E-state index contributed by atoms with van der Waals surface area (Å²) in [7, 11) is 0. The minimum Gasteiger partial charge on any atom is -0.314 e. The van der Waals surface area contributed by atoms with E-state index in [4.69, 9.17) is 11.6 Å². The number of amides is 1. The number of hydrogen-bond donors (Lipinski definition) is 1. The van der Waals surface area contributed by atoms with E-state index in [9.17, 15) is 14.9 Å². The quantitative estimate of drug-likeness (QED) is 0.571. The fourth-order valence-electron chi connectivity index (χ4n) is 4.18. The van der Waals surface area contributed by atoms with Crippen LogP contribution in [0.2, 0.25) is 5.02 Å². The molecule has 32 heavy (non-hydrogen) atoms. The molecule has 1 N–H and O–H groups in total. The number of halogens is 1. The molecule has 1 atom stereocenters. The van der Waals surface area contributed by atoms with Gasteiger partial charge in [0.15, 0.2) is 12.0 Å². The molecular formula is C22H19ClN6O3. The first-order chi connectivity index (χ1) is 15.5. The maximum Gasteiger partial charge on any atom is 0.272 e. The van der Waals surface area contributed by atoms with Gasteiger partial charge in [0.25, 0.3) is 11.6 Å². The third kappa shape index (κ3) is 3.31. The zero-order chi connectivity index (χ0) is 22.4. The van der Waals surface area contributed by atoms with E-state index in [0.717, 1.165) is 13.1 Å². The van der Waals surface area contributed by atoms with Crippen molar-refractivity contribution in [2.45, 2.75) is 6.17 Å². The van der Waals surface area contributed by atoms with Crippen LogP contribution in [-0.4, -0.2) is 59.6 Å². The van der Waals surface area contributed by atoms with Gasteiger partial charge in [-0.25, -0.2) is 9.98 Å². The van der Waals surface area contributed by atoms with Crippen molar-refractivity contribution in [1.29, 1.82) is 0 Å². The Kier molecular flexibility index (Phi) is 5.09. The summed E-state index contributed by atoms with van der Waals surface area (Å²) in [4.78, 5) is 37.4. The SMILES string of the molecule is C=C1N=C(c2ccccc2Cl)c2cc([N+](=O)[O-])ccc2N2C(=O)C(N3CCNCC3)N=C12. The summed E-state index contributed by atoms with van der Waals surface area (Å²) >= 11 is 6.43. The molecular weight excluding hydrogens is 432 g/mol. The van der Waals surface area contributed by atoms with Crippen molar-refractivity contribution in [1.82, 2.24) is 10.2 Å². The minimum absolute atomic E-state index is 0.111. The molecule has 0 radical (unpaired) electrons. The number of anilines is 1. The van der Waals surface area contributed by atoms with E-state index in [-0.39, 0.29) is 11.6 Å². The van der Waals surface area contributed by atoms with Gasteiger partial charge < -0.3 is 5.32 Å². The number of carbonyl (C=O) groups excluding carboxylic acids is 1. The highest BCUT2D eigenvalue weighted by molar-refractivity contribution is 6.38. The van der Waals surface area contributed by atoms with Gasteiger partial charge in [-0.05, 0) is 12.1 Å². The van der Waals surface area contributed by atoms with Crippen molar-refractivity contribution in [2.75, 3.05) is 31.1 Å². The van der Waals surface area contributed by atoms with Gasteiger partial charge in [0.05, 0.1) is 22.0 Å². The molecule has 0 aromatic heterocycles. The number of nitrogens with zero attached hydrogens (tertiary/aromatic N) is 5. The lowest BCUT2D eigenvalue weighted by Crippen LogP contribution is -2.51. The largest absolute Gasteiger partial charge is 0.314 e. The van der Waals surface area contributed by atoms with E-state index in [0.29, 0.717) is 52.2 Å². The molecule has 2 aromatic rings. The first-order valence-electron chi connectivity index (χ1n) is 10.1. The number of benzene rings is 2. The minimum atomic E-state index is -0.677. The van der Waals surface area contributed by atoms with Crippen LogP contribution in [0.25, 0.3) is 0 Å². The average molecular weight is 451 g/mol. The third-order valence-corrected chi connectivity index (χ3v) is 6.05. The topological polar surface area (TPSA) is 103 Å². The summed E-state index contributed by atoms with van der Waals surface area (Å²) in [5, 5.41) is 15.2. The summed E-state index contributed by atoms with van der Waals surface area (Å²) in [6, 6.07) is 11.4. The number of carbonyl (C=O) groups is 1. The van der Waals surface area contributed by atoms with E-state index in [1.165, 1.54) is 17.0 Å². The van der Waals surface area contributed by atoms with Crippen LogP contribution in [0.15, 0.2) is 64.7 Å². The van der Waals surface area contributed by atoms with Crippen molar-refractivity contribution < 1.29 is 9.72 Å². The molecule has 3 heterocycles. The van der Waals surface area contributed by atoms with Crippen molar-refractivity contribution in [3.8, 4) is 0 Å². The molecule has 2 aromatic carbocycles. The van der Waals surface area contributed by atoms with Gasteiger partial charge >= 0.3 is 0 Å². The van der Waals surface area contributed by atoms with Gasteiger partial charge in [0.1, 0.15) is 0 Å². The highest BCUT2D eigenvalue weighted by atomic mass is 35.5. The number of hydrogen-bond acceptors (Lipinski definition) is 7. The molecule has 3 aliphatic heterocycles. The molecule has 0 bridgehead atoms. The Morgan fingerprint density at radius 2 is 1.91 bits per heavy atom. The van der Waals surface area contributed by atoms with E-state index in [1.807, 2.05) is 4.90 Å². The summed E-state index contributed by atoms with van der Waals surface area (Å²) in [5.41, 5.74) is 2.07. The van der Waals surface area contributed by atoms with Gasteiger partial charge in [-0.15, -0.1) is 0 Å². The fraction of sp³-hybridized carbons (Fsp3) is 0.227. The monoisotopic (exact) mass is 450 g/mol. The lowest BCUT2D eigenvalue weighted by atomic mass is 9.99. The van der Waals surface area contributed by atoms with Gasteiger partial charge in [-0.3, -0.25) is 24.7 Å². The van der Waals surface area contributed by atoms with E-state index < -0.39 is 11.1 Å². The maximum absolute atomic E-state index is 13.5. The molecule has 9 nitrogen and oxygen atoms in total. The number of amidine groups is 1. The summed E-state index contributed by atoms with van der Waals surface area (Å²) < 4.78 is 0. The van der Waals surface area contributed by atoms with Crippen LogP contribution in [0.5, 0.6) is 0 Å². The predicted octanol–water partition coefficient (Wildman–Crippen LogP) is 2.59. The molecule has 1 unspecified atom stereocenters. The summed E-state index contributed by atoms with van der Waals surface area (Å²) in [6.07, 6.45) is -0.677. The Balaban J connectivity index is 1.70. The standard InChI is InChI=1S/C22H19ClN6O3/c1-13-20-26-21(27-10-8-24-9-11-27)22(30)28(20)18-7-6-14(29(31)32)12-16(18)19(25-13)15-4-2-3-5-17(15)23/h2-7,12,21,24H,1,8-11H2. The van der Waals surface area contributed by atoms with Crippen molar-refractivity contribution in [3.05, 3.63) is 81.0 Å². The van der Waals surface area contributed by atoms with Crippen LogP contribution in [-0.2, 0) is 4.79 Å². The van der Waals surface area contributed by atoms with Crippen LogP contribution in [0.1, 0.15) is 11.1 Å². The Hall–Kier alpha value is -3.40. The Morgan fingerprint density at radius 1 is 1.16 bits per heavy atom. The number of non-ortho nitro benzene ring substituents is 1. The van der Waals surface area contributed by atoms with E-state index in [1.54, 1.807) is 30.3 Å². The van der Waals surface area contributed by atoms with Crippen LogP contribution < -0.4 is 10.2 Å². The number of aliphatic imine (C=N–C) groups is 2. The number of nitrogens with one attached hydrogen (secondary N) is 1. The second-order valence-corrected chi connectivity index (χ2v) is 8.04. The average Bonchev–Trinajstić information content (AvgIpc) is 3.09. The fourth-order valence-corrected chi connectivity index (χ4v) is 4.40. The number of fused-ring (bicyclic) bond motifs is 3. The van der Waals surface area contributed by atoms with Crippen LogP contribution >= 0.6 is 11.6 Å². The van der Waals surface area contributed by atoms with Gasteiger partial charge in [0, 0.05) is 54.5 Å². The molecule has 162 valence electrons. The Morgan fingerprint density at radius 3 is 2.62 bits per heavy atom. The summed E-state index contributed by atoms with van der Waals surface area (Å²) in [5.74, 6) is 0.115. The molecule has 1 amide bonds. The van der Waals surface area contributed by atoms with E-state index in [2.05, 4.69) is 21.9 Å². The van der Waals surface area contributed by atoms with Gasteiger partial charge in [-0.2, -0.15) is 0 Å². The van der Waals surface area contributed by atoms with Crippen LogP contribution in [0.4, 0.5) is 11.4 Å². The Labute approximate surface area is 188 Å². The smallest absolute Gasteiger partial charge is 0.272 e. The number of nitro groups is 1. The van der Waals surface area contributed by atoms with Gasteiger partial charge in [0.2, 0.25) is 0 Å². The van der Waals surface area contributed by atoms with Crippen LogP contribution in [0, 0.1) is 10.1 Å². The number of nitro benzene ring substituents is 1. The molecule has 1 fully saturated rings. The van der Waals surface area contributed by atoms with Crippen molar-refractivity contribution in [2.24, 2.45) is 9.98 Å².